The largest absolute Gasteiger partial charge is 0.381 e. The zero-order chi connectivity index (χ0) is 14.4. The van der Waals surface area contributed by atoms with E-state index in [0.29, 0.717) is 0 Å². The van der Waals surface area contributed by atoms with E-state index in [9.17, 15) is 4.39 Å². The molecule has 0 amide bonds. The summed E-state index contributed by atoms with van der Waals surface area (Å²) in [6, 6.07) is 5.06. The van der Waals surface area contributed by atoms with Crippen molar-refractivity contribution in [2.75, 3.05) is 26.3 Å². The van der Waals surface area contributed by atoms with E-state index in [1.807, 2.05) is 6.07 Å². The predicted octanol–water partition coefficient (Wildman–Crippen LogP) is 3.82. The minimum Gasteiger partial charge on any atom is -0.381 e. The molecule has 1 aliphatic rings. The van der Waals surface area contributed by atoms with Gasteiger partial charge in [0.05, 0.1) is 11.6 Å². The van der Waals surface area contributed by atoms with Crippen molar-refractivity contribution in [2.45, 2.75) is 32.6 Å². The lowest BCUT2D eigenvalue weighted by Gasteiger charge is -2.37. The van der Waals surface area contributed by atoms with E-state index in [1.165, 1.54) is 6.07 Å². The average molecular weight is 300 g/mol. The van der Waals surface area contributed by atoms with Crippen LogP contribution in [0.3, 0.4) is 0 Å². The number of rotatable bonds is 6. The maximum atomic E-state index is 13.6. The van der Waals surface area contributed by atoms with Gasteiger partial charge in [0.2, 0.25) is 0 Å². The third-order valence-electron chi connectivity index (χ3n) is 3.93. The molecule has 2 nitrogen and oxygen atoms in total. The smallest absolute Gasteiger partial charge is 0.142 e. The molecule has 1 saturated heterocycles. The van der Waals surface area contributed by atoms with Crippen molar-refractivity contribution in [3.8, 4) is 0 Å². The highest BCUT2D eigenvalue weighted by Crippen LogP contribution is 2.34. The lowest BCUT2D eigenvalue weighted by Crippen LogP contribution is -2.43. The van der Waals surface area contributed by atoms with Crippen molar-refractivity contribution in [2.24, 2.45) is 5.41 Å². The van der Waals surface area contributed by atoms with E-state index >= 15 is 0 Å². The normalized spacial score (nSPS) is 22.9. The third-order valence-corrected chi connectivity index (χ3v) is 4.35. The van der Waals surface area contributed by atoms with Crippen LogP contribution < -0.4 is 5.32 Å². The van der Waals surface area contributed by atoms with Gasteiger partial charge in [-0.1, -0.05) is 30.7 Å². The Morgan fingerprint density at radius 2 is 2.30 bits per heavy atom. The first-order chi connectivity index (χ1) is 9.67. The SMILES string of the molecule is CCCNCC1(Cc2cccc(F)c2Cl)CCCOC1. The number of nitrogens with one attached hydrogen (secondary N) is 1. The van der Waals surface area contributed by atoms with E-state index in [4.69, 9.17) is 16.3 Å². The summed E-state index contributed by atoms with van der Waals surface area (Å²) in [5.41, 5.74) is 0.917. The number of hydrogen-bond acceptors (Lipinski definition) is 2. The van der Waals surface area contributed by atoms with E-state index in [1.54, 1.807) is 6.07 Å². The van der Waals surface area contributed by atoms with E-state index in [2.05, 4.69) is 12.2 Å². The van der Waals surface area contributed by atoms with Gasteiger partial charge in [0.15, 0.2) is 0 Å². The monoisotopic (exact) mass is 299 g/mol. The van der Waals surface area contributed by atoms with Gasteiger partial charge in [-0.3, -0.25) is 0 Å². The minimum atomic E-state index is -0.336. The summed E-state index contributed by atoms with van der Waals surface area (Å²) >= 11 is 6.10. The van der Waals surface area contributed by atoms with Gasteiger partial charge in [-0.15, -0.1) is 0 Å². The Hall–Kier alpha value is -0.640. The molecule has 1 atom stereocenters. The molecule has 0 radical (unpaired) electrons. The molecular formula is C16H23ClFNO. The summed E-state index contributed by atoms with van der Waals surface area (Å²) in [5.74, 6) is -0.336. The quantitative estimate of drug-likeness (QED) is 0.806. The fourth-order valence-electron chi connectivity index (χ4n) is 2.87. The van der Waals surface area contributed by atoms with Crippen LogP contribution in [0.5, 0.6) is 0 Å². The highest BCUT2D eigenvalue weighted by molar-refractivity contribution is 6.31. The second-order valence-electron chi connectivity index (χ2n) is 5.72. The van der Waals surface area contributed by atoms with Crippen molar-refractivity contribution in [3.05, 3.63) is 34.6 Å². The van der Waals surface area contributed by atoms with Crippen molar-refractivity contribution >= 4 is 11.6 Å². The first kappa shape index (κ1) is 15.7. The fraction of sp³-hybridized carbons (Fsp3) is 0.625. The van der Waals surface area contributed by atoms with E-state index in [-0.39, 0.29) is 16.3 Å². The molecular weight excluding hydrogens is 277 g/mol. The highest BCUT2D eigenvalue weighted by Gasteiger charge is 2.33. The second kappa shape index (κ2) is 7.39. The molecule has 1 heterocycles. The molecule has 20 heavy (non-hydrogen) atoms. The predicted molar refractivity (Wildman–Crippen MR) is 80.8 cm³/mol. The summed E-state index contributed by atoms with van der Waals surface area (Å²) < 4.78 is 19.3. The van der Waals surface area contributed by atoms with Gasteiger partial charge in [-0.25, -0.2) is 4.39 Å². The van der Waals surface area contributed by atoms with Crippen molar-refractivity contribution in [3.63, 3.8) is 0 Å². The molecule has 2 rings (SSSR count). The maximum absolute atomic E-state index is 13.6. The zero-order valence-electron chi connectivity index (χ0n) is 12.1. The number of benzene rings is 1. The van der Waals surface area contributed by atoms with Gasteiger partial charge in [0.1, 0.15) is 5.82 Å². The summed E-state index contributed by atoms with van der Waals surface area (Å²) in [7, 11) is 0. The molecule has 0 aliphatic carbocycles. The number of ether oxygens (including phenoxy) is 1. The number of hydrogen-bond donors (Lipinski definition) is 1. The molecule has 0 aromatic heterocycles. The molecule has 1 aromatic carbocycles. The van der Waals surface area contributed by atoms with Crippen molar-refractivity contribution in [1.82, 2.24) is 5.32 Å². The molecule has 4 heteroatoms. The molecule has 1 fully saturated rings. The average Bonchev–Trinajstić information content (AvgIpc) is 2.45. The third kappa shape index (κ3) is 3.94. The van der Waals surface area contributed by atoms with Crippen LogP contribution in [-0.4, -0.2) is 26.3 Å². The molecule has 1 aromatic rings. The van der Waals surface area contributed by atoms with Crippen LogP contribution in [0.4, 0.5) is 4.39 Å². The Morgan fingerprint density at radius 3 is 3.00 bits per heavy atom. The van der Waals surface area contributed by atoms with E-state index in [0.717, 1.165) is 57.6 Å². The first-order valence-electron chi connectivity index (χ1n) is 7.38. The van der Waals surface area contributed by atoms with Crippen LogP contribution in [0, 0.1) is 11.2 Å². The second-order valence-corrected chi connectivity index (χ2v) is 6.10. The molecule has 0 spiro atoms. The topological polar surface area (TPSA) is 21.3 Å². The standard InChI is InChI=1S/C16H23ClFNO/c1-2-8-19-11-16(7-4-9-20-12-16)10-13-5-3-6-14(18)15(13)17/h3,5-6,19H,2,4,7-12H2,1H3. The summed E-state index contributed by atoms with van der Waals surface area (Å²) in [6.07, 6.45) is 4.02. The van der Waals surface area contributed by atoms with Crippen LogP contribution in [0.2, 0.25) is 5.02 Å². The molecule has 0 bridgehead atoms. The molecule has 1 aliphatic heterocycles. The minimum absolute atomic E-state index is 0.0326. The Kier molecular flexibility index (Phi) is 5.82. The fourth-order valence-corrected chi connectivity index (χ4v) is 3.06. The van der Waals surface area contributed by atoms with Crippen molar-refractivity contribution < 1.29 is 9.13 Å². The van der Waals surface area contributed by atoms with E-state index < -0.39 is 0 Å². The van der Waals surface area contributed by atoms with Crippen LogP contribution in [-0.2, 0) is 11.2 Å². The summed E-state index contributed by atoms with van der Waals surface area (Å²) in [5, 5.41) is 3.74. The van der Waals surface area contributed by atoms with Gasteiger partial charge in [0, 0.05) is 18.6 Å². The Labute approximate surface area is 125 Å². The van der Waals surface area contributed by atoms with Gasteiger partial charge >= 0.3 is 0 Å². The zero-order valence-corrected chi connectivity index (χ0v) is 12.8. The Balaban J connectivity index is 2.12. The first-order valence-corrected chi connectivity index (χ1v) is 7.76. The maximum Gasteiger partial charge on any atom is 0.142 e. The molecule has 1 unspecified atom stereocenters. The Bertz CT molecular complexity index is 432. The lowest BCUT2D eigenvalue weighted by atomic mass is 9.77. The lowest BCUT2D eigenvalue weighted by molar-refractivity contribution is -0.00708. The van der Waals surface area contributed by atoms with Gasteiger partial charge in [-0.2, -0.15) is 0 Å². The summed E-state index contributed by atoms with van der Waals surface area (Å²) in [6.45, 7) is 5.59. The van der Waals surface area contributed by atoms with Crippen molar-refractivity contribution in [1.29, 1.82) is 0 Å². The van der Waals surface area contributed by atoms with Gasteiger partial charge in [0.25, 0.3) is 0 Å². The van der Waals surface area contributed by atoms with Crippen LogP contribution >= 0.6 is 11.6 Å². The summed E-state index contributed by atoms with van der Waals surface area (Å²) in [4.78, 5) is 0. The van der Waals surface area contributed by atoms with Gasteiger partial charge < -0.3 is 10.1 Å². The van der Waals surface area contributed by atoms with Crippen LogP contribution in [0.1, 0.15) is 31.7 Å². The van der Waals surface area contributed by atoms with Crippen LogP contribution in [0.25, 0.3) is 0 Å². The Morgan fingerprint density at radius 1 is 1.45 bits per heavy atom. The molecule has 0 saturated carbocycles. The van der Waals surface area contributed by atoms with Crippen LogP contribution in [0.15, 0.2) is 18.2 Å². The van der Waals surface area contributed by atoms with Gasteiger partial charge in [-0.05, 0) is 43.9 Å². The highest BCUT2D eigenvalue weighted by atomic mass is 35.5. The number of halogens is 2. The molecule has 112 valence electrons. The molecule has 1 N–H and O–H groups in total.